The van der Waals surface area contributed by atoms with Crippen molar-refractivity contribution in [3.63, 3.8) is 0 Å². The minimum atomic E-state index is -0.545. The highest BCUT2D eigenvalue weighted by Crippen LogP contribution is 2.19. The number of hydrogen-bond acceptors (Lipinski definition) is 4. The van der Waals surface area contributed by atoms with Gasteiger partial charge in [-0.3, -0.25) is 10.1 Å². The second-order valence-electron chi connectivity index (χ2n) is 5.09. The van der Waals surface area contributed by atoms with Gasteiger partial charge >= 0.3 is 6.03 Å². The van der Waals surface area contributed by atoms with Gasteiger partial charge in [0, 0.05) is 0 Å². The third kappa shape index (κ3) is 3.24. The molecule has 0 radical (unpaired) electrons. The summed E-state index contributed by atoms with van der Waals surface area (Å²) in [4.78, 5) is 22.6. The van der Waals surface area contributed by atoms with Crippen molar-refractivity contribution in [3.05, 3.63) is 52.3 Å². The van der Waals surface area contributed by atoms with E-state index in [0.717, 1.165) is 10.6 Å². The molecule has 2 heterocycles. The summed E-state index contributed by atoms with van der Waals surface area (Å²) in [6.45, 7) is 2.26. The Bertz CT molecular complexity index is 785. The van der Waals surface area contributed by atoms with Crippen LogP contribution in [0.2, 0.25) is 5.15 Å². The summed E-state index contributed by atoms with van der Waals surface area (Å²) < 4.78 is 1.67. The Kier molecular flexibility index (Phi) is 4.12. The lowest BCUT2D eigenvalue weighted by atomic mass is 10.2. The molecule has 1 N–H and O–H groups in total. The zero-order valence-corrected chi connectivity index (χ0v) is 13.1. The molecule has 1 aliphatic rings. The van der Waals surface area contributed by atoms with Gasteiger partial charge in [0.2, 0.25) is 5.91 Å². The fourth-order valence-corrected chi connectivity index (χ4v) is 2.51. The molecule has 0 unspecified atom stereocenters. The van der Waals surface area contributed by atoms with E-state index in [4.69, 9.17) is 11.6 Å². The number of imide groups is 1. The van der Waals surface area contributed by atoms with Crippen LogP contribution >= 0.6 is 11.6 Å². The molecule has 3 amide bonds. The SMILES string of the molecule is Cc1nn(Cc2ccccc2)c(Cl)c1C=NN1CC(=O)NC1=O. The Labute approximate surface area is 137 Å². The van der Waals surface area contributed by atoms with Gasteiger partial charge in [-0.1, -0.05) is 41.9 Å². The van der Waals surface area contributed by atoms with Crippen LogP contribution in [0.3, 0.4) is 0 Å². The second kappa shape index (κ2) is 6.21. The second-order valence-corrected chi connectivity index (χ2v) is 5.45. The van der Waals surface area contributed by atoms with Crippen LogP contribution in [-0.4, -0.2) is 39.5 Å². The van der Waals surface area contributed by atoms with Gasteiger partial charge in [-0.05, 0) is 12.5 Å². The zero-order valence-electron chi connectivity index (χ0n) is 12.4. The predicted molar refractivity (Wildman–Crippen MR) is 85.4 cm³/mol. The van der Waals surface area contributed by atoms with Crippen molar-refractivity contribution in [1.29, 1.82) is 0 Å². The number of benzene rings is 1. The molecule has 1 fully saturated rings. The van der Waals surface area contributed by atoms with Crippen molar-refractivity contribution in [3.8, 4) is 0 Å². The summed E-state index contributed by atoms with van der Waals surface area (Å²) in [5.74, 6) is -0.380. The number of nitrogens with zero attached hydrogens (tertiary/aromatic N) is 4. The largest absolute Gasteiger partial charge is 0.344 e. The molecule has 8 heteroatoms. The molecule has 0 bridgehead atoms. The lowest BCUT2D eigenvalue weighted by Gasteiger charge is -2.04. The molecule has 2 aromatic rings. The Morgan fingerprint density at radius 1 is 1.35 bits per heavy atom. The van der Waals surface area contributed by atoms with E-state index in [-0.39, 0.29) is 12.5 Å². The quantitative estimate of drug-likeness (QED) is 0.685. The van der Waals surface area contributed by atoms with Crippen LogP contribution < -0.4 is 5.32 Å². The summed E-state index contributed by atoms with van der Waals surface area (Å²) in [5, 5.41) is 12.0. The van der Waals surface area contributed by atoms with E-state index in [1.165, 1.54) is 6.21 Å². The third-order valence-corrected chi connectivity index (χ3v) is 3.78. The predicted octanol–water partition coefficient (Wildman–Crippen LogP) is 1.78. The van der Waals surface area contributed by atoms with Crippen LogP contribution in [0.25, 0.3) is 0 Å². The maximum atomic E-state index is 11.4. The number of nitrogens with one attached hydrogen (secondary N) is 1. The first-order valence-corrected chi connectivity index (χ1v) is 7.34. The summed E-state index contributed by atoms with van der Waals surface area (Å²) in [5.41, 5.74) is 2.39. The van der Waals surface area contributed by atoms with Gasteiger partial charge in [0.25, 0.3) is 0 Å². The fraction of sp³-hybridized carbons (Fsp3) is 0.200. The molecule has 0 aliphatic carbocycles. The minimum absolute atomic E-state index is 0.0931. The molecule has 1 aliphatic heterocycles. The Hall–Kier alpha value is -2.67. The van der Waals surface area contributed by atoms with Gasteiger partial charge in [0.15, 0.2) is 0 Å². The van der Waals surface area contributed by atoms with Crippen LogP contribution in [0.15, 0.2) is 35.4 Å². The molecule has 23 heavy (non-hydrogen) atoms. The molecule has 0 saturated carbocycles. The Balaban J connectivity index is 1.81. The monoisotopic (exact) mass is 331 g/mol. The molecule has 1 aromatic heterocycles. The highest BCUT2D eigenvalue weighted by molar-refractivity contribution is 6.32. The van der Waals surface area contributed by atoms with Crippen LogP contribution in [-0.2, 0) is 11.3 Å². The topological polar surface area (TPSA) is 79.6 Å². The standard InChI is InChI=1S/C15H14ClN5O2/c1-10-12(7-17-21-9-13(22)18-15(21)23)14(16)20(19-10)8-11-5-3-2-4-6-11/h2-7H,8-9H2,1H3,(H,18,22,23). The van der Waals surface area contributed by atoms with Crippen LogP contribution in [0, 0.1) is 6.92 Å². The van der Waals surface area contributed by atoms with Gasteiger partial charge < -0.3 is 0 Å². The normalized spacial score (nSPS) is 14.8. The number of aryl methyl sites for hydroxylation is 1. The minimum Gasteiger partial charge on any atom is -0.275 e. The van der Waals surface area contributed by atoms with Gasteiger partial charge in [-0.25, -0.2) is 14.5 Å². The average Bonchev–Trinajstić information content (AvgIpc) is 2.98. The lowest BCUT2D eigenvalue weighted by Crippen LogP contribution is -2.24. The number of rotatable bonds is 4. The number of carbonyl (C=O) groups is 2. The number of amides is 3. The first kappa shape index (κ1) is 15.2. The first-order chi connectivity index (χ1) is 11.0. The molecule has 3 rings (SSSR count). The van der Waals surface area contributed by atoms with E-state index in [9.17, 15) is 9.59 Å². The number of urea groups is 1. The van der Waals surface area contributed by atoms with Crippen molar-refractivity contribution in [2.24, 2.45) is 5.10 Å². The summed E-state index contributed by atoms with van der Waals surface area (Å²) in [6, 6.07) is 9.27. The van der Waals surface area contributed by atoms with Gasteiger partial charge in [0.05, 0.1) is 24.0 Å². The van der Waals surface area contributed by atoms with E-state index in [2.05, 4.69) is 15.5 Å². The number of aromatic nitrogens is 2. The van der Waals surface area contributed by atoms with Crippen molar-refractivity contribution >= 4 is 29.8 Å². The van der Waals surface area contributed by atoms with E-state index in [1.54, 1.807) is 4.68 Å². The molecular formula is C15H14ClN5O2. The molecule has 1 saturated heterocycles. The highest BCUT2D eigenvalue weighted by atomic mass is 35.5. The van der Waals surface area contributed by atoms with E-state index < -0.39 is 6.03 Å². The van der Waals surface area contributed by atoms with Crippen LogP contribution in [0.4, 0.5) is 4.79 Å². The Morgan fingerprint density at radius 2 is 2.09 bits per heavy atom. The summed E-state index contributed by atoms with van der Waals surface area (Å²) in [7, 11) is 0. The maximum Gasteiger partial charge on any atom is 0.344 e. The Morgan fingerprint density at radius 3 is 2.74 bits per heavy atom. The van der Waals surface area contributed by atoms with Gasteiger partial charge in [-0.15, -0.1) is 0 Å². The summed E-state index contributed by atoms with van der Waals surface area (Å²) >= 11 is 6.35. The molecule has 0 spiro atoms. The van der Waals surface area contributed by atoms with Crippen molar-refractivity contribution < 1.29 is 9.59 Å². The van der Waals surface area contributed by atoms with E-state index in [1.807, 2.05) is 37.3 Å². The van der Waals surface area contributed by atoms with Crippen molar-refractivity contribution in [2.45, 2.75) is 13.5 Å². The van der Waals surface area contributed by atoms with Gasteiger partial charge in [0.1, 0.15) is 11.7 Å². The highest BCUT2D eigenvalue weighted by Gasteiger charge is 2.26. The first-order valence-electron chi connectivity index (χ1n) is 6.97. The van der Waals surface area contributed by atoms with Crippen LogP contribution in [0.5, 0.6) is 0 Å². The smallest absolute Gasteiger partial charge is 0.275 e. The fourth-order valence-electron chi connectivity index (χ4n) is 2.23. The van der Waals surface area contributed by atoms with Crippen molar-refractivity contribution in [2.75, 3.05) is 6.54 Å². The zero-order chi connectivity index (χ0) is 16.4. The molecule has 0 atom stereocenters. The molecular weight excluding hydrogens is 318 g/mol. The van der Waals surface area contributed by atoms with Crippen molar-refractivity contribution in [1.82, 2.24) is 20.1 Å². The number of halogens is 1. The average molecular weight is 332 g/mol. The lowest BCUT2D eigenvalue weighted by molar-refractivity contribution is -0.118. The molecule has 7 nitrogen and oxygen atoms in total. The maximum absolute atomic E-state index is 11.4. The molecule has 1 aromatic carbocycles. The van der Waals surface area contributed by atoms with E-state index >= 15 is 0 Å². The number of carbonyl (C=O) groups excluding carboxylic acids is 2. The third-order valence-electron chi connectivity index (χ3n) is 3.38. The van der Waals surface area contributed by atoms with E-state index in [0.29, 0.717) is 23.0 Å². The van der Waals surface area contributed by atoms with Gasteiger partial charge in [-0.2, -0.15) is 10.2 Å². The van der Waals surface area contributed by atoms with Crippen LogP contribution in [0.1, 0.15) is 16.8 Å². The number of hydrazone groups is 1. The summed E-state index contributed by atoms with van der Waals surface area (Å²) in [6.07, 6.45) is 1.45. The number of hydrogen-bond donors (Lipinski definition) is 1. The molecule has 118 valence electrons.